The number of amides is 1. The number of carbonyl (C=O) groups is 2. The van der Waals surface area contributed by atoms with E-state index in [1.807, 2.05) is 0 Å². The Hall–Kier alpha value is -2.90. The molecule has 0 radical (unpaired) electrons. The number of carboxylic acids is 1. The number of rotatable bonds is 5. The normalized spacial score (nSPS) is 22.5. The Labute approximate surface area is 155 Å². The van der Waals surface area contributed by atoms with Crippen molar-refractivity contribution < 1.29 is 14.7 Å². The highest BCUT2D eigenvalue weighted by molar-refractivity contribution is 5.81. The molecule has 1 fully saturated rings. The van der Waals surface area contributed by atoms with Crippen molar-refractivity contribution in [1.29, 1.82) is 0 Å². The number of hydrogen-bond donors (Lipinski definition) is 3. The van der Waals surface area contributed by atoms with Crippen LogP contribution in [0.5, 0.6) is 0 Å². The number of nitrogens with one attached hydrogen (secondary N) is 2. The summed E-state index contributed by atoms with van der Waals surface area (Å²) in [7, 11) is 0. The van der Waals surface area contributed by atoms with Gasteiger partial charge in [-0.25, -0.2) is 4.68 Å². The van der Waals surface area contributed by atoms with Crippen LogP contribution >= 0.6 is 0 Å². The summed E-state index contributed by atoms with van der Waals surface area (Å²) < 4.78 is 1.13. The van der Waals surface area contributed by atoms with Crippen molar-refractivity contribution in [2.75, 3.05) is 0 Å². The van der Waals surface area contributed by atoms with Crippen LogP contribution in [0.4, 0.5) is 0 Å². The number of hydrogen-bond acceptors (Lipinski definition) is 4. The van der Waals surface area contributed by atoms with E-state index in [1.54, 1.807) is 31.2 Å². The topological polar surface area (TPSA) is 121 Å². The molecule has 3 rings (SSSR count). The minimum absolute atomic E-state index is 0.0125. The van der Waals surface area contributed by atoms with Crippen LogP contribution in [0.15, 0.2) is 33.9 Å². The SMILES string of the molecule is CC1(NC(=O)CCn2[nH]c(=O)c3ccccc3c2=O)CCCCC1C(=O)O. The van der Waals surface area contributed by atoms with E-state index in [9.17, 15) is 24.3 Å². The van der Waals surface area contributed by atoms with Crippen molar-refractivity contribution in [3.05, 3.63) is 45.0 Å². The van der Waals surface area contributed by atoms with E-state index in [0.717, 1.165) is 17.5 Å². The Morgan fingerprint density at radius 3 is 2.67 bits per heavy atom. The Kier molecular flexibility index (Phi) is 5.16. The van der Waals surface area contributed by atoms with E-state index in [2.05, 4.69) is 10.4 Å². The van der Waals surface area contributed by atoms with Gasteiger partial charge in [-0.3, -0.25) is 24.3 Å². The van der Waals surface area contributed by atoms with Gasteiger partial charge in [-0.1, -0.05) is 25.0 Å². The standard InChI is InChI=1S/C19H23N3O5/c1-19(10-5-4-8-14(19)18(26)27)20-15(23)9-11-22-17(25)13-7-3-2-6-12(13)16(24)21-22/h2-3,6-7,14H,4-5,8-11H2,1H3,(H,20,23)(H,21,24)(H,26,27). The average Bonchev–Trinajstić information content (AvgIpc) is 2.63. The first kappa shape index (κ1) is 18.9. The van der Waals surface area contributed by atoms with Gasteiger partial charge in [-0.05, 0) is 31.9 Å². The van der Waals surface area contributed by atoms with Gasteiger partial charge in [0.25, 0.3) is 11.1 Å². The molecule has 144 valence electrons. The number of benzene rings is 1. The van der Waals surface area contributed by atoms with Gasteiger partial charge in [0.1, 0.15) is 0 Å². The second-order valence-corrected chi connectivity index (χ2v) is 7.30. The van der Waals surface area contributed by atoms with E-state index >= 15 is 0 Å². The summed E-state index contributed by atoms with van der Waals surface area (Å²) in [5.41, 5.74) is -1.57. The quantitative estimate of drug-likeness (QED) is 0.728. The summed E-state index contributed by atoms with van der Waals surface area (Å²) in [6.45, 7) is 1.77. The lowest BCUT2D eigenvalue weighted by Crippen LogP contribution is -2.55. The molecule has 8 heteroatoms. The van der Waals surface area contributed by atoms with E-state index in [4.69, 9.17) is 0 Å². The lowest BCUT2D eigenvalue weighted by Gasteiger charge is -2.39. The molecule has 0 spiro atoms. The maximum absolute atomic E-state index is 12.5. The first-order chi connectivity index (χ1) is 12.8. The minimum Gasteiger partial charge on any atom is -0.481 e. The summed E-state index contributed by atoms with van der Waals surface area (Å²) in [5, 5.41) is 15.4. The molecule has 1 aliphatic carbocycles. The van der Waals surface area contributed by atoms with Crippen molar-refractivity contribution in [3.63, 3.8) is 0 Å². The fourth-order valence-electron chi connectivity index (χ4n) is 3.88. The first-order valence-corrected chi connectivity index (χ1v) is 9.07. The minimum atomic E-state index is -0.910. The third-order valence-electron chi connectivity index (χ3n) is 5.38. The zero-order valence-electron chi connectivity index (χ0n) is 15.2. The Morgan fingerprint density at radius 1 is 1.26 bits per heavy atom. The van der Waals surface area contributed by atoms with Gasteiger partial charge in [-0.2, -0.15) is 0 Å². The Bertz CT molecular complexity index is 993. The van der Waals surface area contributed by atoms with Crippen LogP contribution in [-0.2, 0) is 16.1 Å². The van der Waals surface area contributed by atoms with Gasteiger partial charge in [0, 0.05) is 6.42 Å². The summed E-state index contributed by atoms with van der Waals surface area (Å²) in [6, 6.07) is 6.50. The summed E-state index contributed by atoms with van der Waals surface area (Å²) in [4.78, 5) is 48.5. The van der Waals surface area contributed by atoms with Crippen molar-refractivity contribution in [3.8, 4) is 0 Å². The van der Waals surface area contributed by atoms with E-state index in [1.165, 1.54) is 0 Å². The maximum Gasteiger partial charge on any atom is 0.308 e. The summed E-state index contributed by atoms with van der Waals surface area (Å²) in [5.74, 6) is -1.88. The number of aliphatic carboxylic acids is 1. The molecule has 0 saturated heterocycles. The molecule has 1 heterocycles. The maximum atomic E-state index is 12.5. The monoisotopic (exact) mass is 373 g/mol. The second kappa shape index (κ2) is 7.38. The number of H-pyrrole nitrogens is 1. The molecule has 1 aliphatic rings. The van der Waals surface area contributed by atoms with Crippen LogP contribution in [0.3, 0.4) is 0 Å². The van der Waals surface area contributed by atoms with Crippen molar-refractivity contribution >= 4 is 22.6 Å². The third kappa shape index (κ3) is 3.79. The summed E-state index contributed by atoms with van der Waals surface area (Å²) in [6.07, 6.45) is 2.79. The van der Waals surface area contributed by atoms with Gasteiger partial charge in [0.05, 0.1) is 28.8 Å². The van der Waals surface area contributed by atoms with Crippen molar-refractivity contribution in [2.45, 2.75) is 51.1 Å². The zero-order valence-corrected chi connectivity index (χ0v) is 15.2. The molecule has 3 N–H and O–H groups in total. The molecule has 0 aliphatic heterocycles. The Balaban J connectivity index is 1.73. The second-order valence-electron chi connectivity index (χ2n) is 7.30. The molecular weight excluding hydrogens is 350 g/mol. The molecular formula is C19H23N3O5. The van der Waals surface area contributed by atoms with Gasteiger partial charge >= 0.3 is 5.97 Å². The predicted octanol–water partition coefficient (Wildman–Crippen LogP) is 1.23. The smallest absolute Gasteiger partial charge is 0.308 e. The van der Waals surface area contributed by atoms with Gasteiger partial charge in [0.15, 0.2) is 0 Å². The predicted molar refractivity (Wildman–Crippen MR) is 99.6 cm³/mol. The van der Waals surface area contributed by atoms with Gasteiger partial charge in [0.2, 0.25) is 5.91 Å². The number of nitrogens with zero attached hydrogens (tertiary/aromatic N) is 1. The first-order valence-electron chi connectivity index (χ1n) is 9.07. The average molecular weight is 373 g/mol. The number of aryl methyl sites for hydroxylation is 1. The highest BCUT2D eigenvalue weighted by Crippen LogP contribution is 2.33. The molecule has 0 bridgehead atoms. The van der Waals surface area contributed by atoms with Crippen molar-refractivity contribution in [2.24, 2.45) is 5.92 Å². The number of carboxylic acid groups (broad SMARTS) is 1. The molecule has 2 unspecified atom stereocenters. The third-order valence-corrected chi connectivity index (χ3v) is 5.38. The van der Waals surface area contributed by atoms with Crippen LogP contribution in [0, 0.1) is 5.92 Å². The fraction of sp³-hybridized carbons (Fsp3) is 0.474. The van der Waals surface area contributed by atoms with E-state index in [-0.39, 0.29) is 24.4 Å². The molecule has 27 heavy (non-hydrogen) atoms. The van der Waals surface area contributed by atoms with Crippen LogP contribution in [0.1, 0.15) is 39.0 Å². The largest absolute Gasteiger partial charge is 0.481 e. The molecule has 1 amide bonds. The lowest BCUT2D eigenvalue weighted by molar-refractivity contribution is -0.146. The molecule has 2 aromatic rings. The van der Waals surface area contributed by atoms with E-state index < -0.39 is 23.0 Å². The highest BCUT2D eigenvalue weighted by Gasteiger charge is 2.42. The Morgan fingerprint density at radius 2 is 1.96 bits per heavy atom. The zero-order chi connectivity index (χ0) is 19.6. The fourth-order valence-corrected chi connectivity index (χ4v) is 3.88. The number of aromatic amines is 1. The number of fused-ring (bicyclic) bond motifs is 1. The molecule has 8 nitrogen and oxygen atoms in total. The molecule has 1 aromatic carbocycles. The van der Waals surface area contributed by atoms with Gasteiger partial charge < -0.3 is 10.4 Å². The molecule has 2 atom stereocenters. The summed E-state index contributed by atoms with van der Waals surface area (Å²) >= 11 is 0. The highest BCUT2D eigenvalue weighted by atomic mass is 16.4. The molecule has 1 aromatic heterocycles. The molecule has 1 saturated carbocycles. The van der Waals surface area contributed by atoms with Crippen LogP contribution in [-0.4, -0.2) is 32.3 Å². The number of aromatic nitrogens is 2. The lowest BCUT2D eigenvalue weighted by atomic mass is 9.74. The number of carbonyl (C=O) groups excluding carboxylic acids is 1. The van der Waals surface area contributed by atoms with E-state index in [0.29, 0.717) is 23.6 Å². The van der Waals surface area contributed by atoms with Gasteiger partial charge in [-0.15, -0.1) is 0 Å². The van der Waals surface area contributed by atoms with Crippen LogP contribution < -0.4 is 16.4 Å². The van der Waals surface area contributed by atoms with Crippen LogP contribution in [0.25, 0.3) is 10.8 Å². The van der Waals surface area contributed by atoms with Crippen molar-refractivity contribution in [1.82, 2.24) is 15.1 Å². The van der Waals surface area contributed by atoms with Crippen LogP contribution in [0.2, 0.25) is 0 Å².